The lowest BCUT2D eigenvalue weighted by Crippen LogP contribution is -2.33. The minimum Gasteiger partial charge on any atom is -0.0620 e. The van der Waals surface area contributed by atoms with Crippen LogP contribution in [0, 0.1) is 13.8 Å². The number of aryl methyl sites for hydroxylation is 2. The van der Waals surface area contributed by atoms with Crippen LogP contribution in [0.3, 0.4) is 0 Å². The summed E-state index contributed by atoms with van der Waals surface area (Å²) in [4.78, 5) is 0. The molecule has 0 N–H and O–H groups in total. The first-order valence-electron chi connectivity index (χ1n) is 16.8. The van der Waals surface area contributed by atoms with Gasteiger partial charge in [0.1, 0.15) is 46.4 Å². The molecule has 0 atom stereocenters. The van der Waals surface area contributed by atoms with Crippen molar-refractivity contribution in [1.29, 1.82) is 0 Å². The van der Waals surface area contributed by atoms with Crippen LogP contribution in [-0.2, 0) is 12.3 Å². The third-order valence-electron chi connectivity index (χ3n) is 9.79. The Kier molecular flexibility index (Phi) is 9.50. The normalized spacial score (nSPS) is 11.7. The van der Waals surface area contributed by atoms with E-state index in [1.807, 2.05) is 0 Å². The predicted octanol–water partition coefficient (Wildman–Crippen LogP) is 9.29. The van der Waals surface area contributed by atoms with Gasteiger partial charge in [0.25, 0.3) is 0 Å². The Bertz CT molecular complexity index is 1720. The molecule has 7 aromatic rings. The van der Waals surface area contributed by atoms with Gasteiger partial charge in [0.15, 0.2) is 0 Å². The molecular weight excluding hydrogens is 614 g/mol. The molecule has 0 aliphatic carbocycles. The fraction of sp³-hybridized carbons (Fsp3) is 0.0870. The average molecular weight is 657 g/mol. The molecule has 0 aliphatic heterocycles. The van der Waals surface area contributed by atoms with Crippen molar-refractivity contribution in [2.24, 2.45) is 0 Å². The van der Waals surface area contributed by atoms with E-state index in [4.69, 9.17) is 0 Å². The summed E-state index contributed by atoms with van der Waals surface area (Å²) in [5, 5.41) is 8.52. The Labute approximate surface area is 287 Å². The molecule has 0 saturated carbocycles. The van der Waals surface area contributed by atoms with E-state index in [-0.39, 0.29) is 0 Å². The van der Waals surface area contributed by atoms with Gasteiger partial charge in [-0.05, 0) is 115 Å². The van der Waals surface area contributed by atoms with Gasteiger partial charge in [0, 0.05) is 0 Å². The summed E-state index contributed by atoms with van der Waals surface area (Å²) in [6.45, 7) is 4.63. The van der Waals surface area contributed by atoms with E-state index in [1.165, 1.54) is 54.1 Å². The SMILES string of the molecule is Cc1cc(C)c(C[P+](c2ccccc2)(c2ccccc2)c2ccccc2)cc1C[P+](c1ccccc1)(c1ccccc1)c1ccccc1. The van der Waals surface area contributed by atoms with E-state index in [9.17, 15) is 0 Å². The monoisotopic (exact) mass is 656 g/mol. The second-order valence-corrected chi connectivity index (χ2v) is 19.6. The highest BCUT2D eigenvalue weighted by Gasteiger charge is 2.48. The van der Waals surface area contributed by atoms with Gasteiger partial charge in [-0.3, -0.25) is 0 Å². The Balaban J connectivity index is 1.45. The number of rotatable bonds is 10. The maximum Gasteiger partial charge on any atom is 0.116 e. The van der Waals surface area contributed by atoms with Gasteiger partial charge in [-0.2, -0.15) is 0 Å². The molecule has 7 aromatic carbocycles. The lowest BCUT2D eigenvalue weighted by Gasteiger charge is -2.30. The van der Waals surface area contributed by atoms with Crippen molar-refractivity contribution in [3.63, 3.8) is 0 Å². The summed E-state index contributed by atoms with van der Waals surface area (Å²) >= 11 is 0. The maximum atomic E-state index is 2.58. The molecule has 48 heavy (non-hydrogen) atoms. The van der Waals surface area contributed by atoms with Crippen LogP contribution in [0.4, 0.5) is 0 Å². The van der Waals surface area contributed by atoms with Crippen LogP contribution in [0.25, 0.3) is 0 Å². The lowest BCUT2D eigenvalue weighted by atomic mass is 10.0. The van der Waals surface area contributed by atoms with E-state index in [1.54, 1.807) is 0 Å². The highest BCUT2D eigenvalue weighted by atomic mass is 31.2. The zero-order valence-electron chi connectivity index (χ0n) is 27.8. The van der Waals surface area contributed by atoms with E-state index in [2.05, 4.69) is 208 Å². The smallest absolute Gasteiger partial charge is 0.0620 e. The van der Waals surface area contributed by atoms with Crippen molar-refractivity contribution in [1.82, 2.24) is 0 Å². The molecule has 0 nitrogen and oxygen atoms in total. The van der Waals surface area contributed by atoms with E-state index < -0.39 is 14.5 Å². The minimum absolute atomic E-state index is 0.970. The molecule has 0 aliphatic rings. The zero-order chi connectivity index (χ0) is 32.8. The van der Waals surface area contributed by atoms with Crippen molar-refractivity contribution in [2.45, 2.75) is 26.2 Å². The molecule has 0 spiro atoms. The van der Waals surface area contributed by atoms with Gasteiger partial charge < -0.3 is 0 Å². The summed E-state index contributed by atoms with van der Waals surface area (Å²) in [5.74, 6) is 0. The minimum atomic E-state index is -2.05. The summed E-state index contributed by atoms with van der Waals surface area (Å²) < 4.78 is 0. The van der Waals surface area contributed by atoms with Crippen LogP contribution >= 0.6 is 14.5 Å². The standard InChI is InChI=1S/C46H42P2/c1-37-33-38(2)40(36-48(44-27-15-6-16-28-44,45-29-17-7-18-30-45)46-31-19-8-20-32-46)34-39(37)35-47(41-21-9-3-10-22-41,42-23-11-4-12-24-42)43-25-13-5-14-26-43/h3-34H,35-36H2,1-2H3/q+2. The van der Waals surface area contributed by atoms with Crippen LogP contribution in [0.2, 0.25) is 0 Å². The zero-order valence-corrected chi connectivity index (χ0v) is 29.6. The van der Waals surface area contributed by atoms with Crippen LogP contribution < -0.4 is 31.8 Å². The fourth-order valence-corrected chi connectivity index (χ4v) is 16.0. The topological polar surface area (TPSA) is 0 Å². The third-order valence-corrected chi connectivity index (χ3v) is 18.5. The van der Waals surface area contributed by atoms with Crippen molar-refractivity contribution in [2.75, 3.05) is 0 Å². The van der Waals surface area contributed by atoms with Crippen molar-refractivity contribution in [3.8, 4) is 0 Å². The quantitative estimate of drug-likeness (QED) is 0.129. The van der Waals surface area contributed by atoms with Gasteiger partial charge >= 0.3 is 0 Å². The molecule has 0 saturated heterocycles. The average Bonchev–Trinajstić information content (AvgIpc) is 3.16. The Hall–Kier alpha value is -4.60. The first-order valence-corrected chi connectivity index (χ1v) is 20.7. The molecule has 0 amide bonds. The van der Waals surface area contributed by atoms with Crippen LogP contribution in [0.15, 0.2) is 194 Å². The first kappa shape index (κ1) is 32.0. The van der Waals surface area contributed by atoms with Gasteiger partial charge in [-0.25, -0.2) is 0 Å². The Morgan fingerprint density at radius 3 is 0.708 bits per heavy atom. The fourth-order valence-electron chi connectivity index (χ4n) is 7.34. The molecule has 0 fully saturated rings. The van der Waals surface area contributed by atoms with Crippen molar-refractivity contribution < 1.29 is 0 Å². The first-order chi connectivity index (χ1) is 23.6. The number of benzene rings is 7. The molecule has 234 valence electrons. The summed E-state index contributed by atoms with van der Waals surface area (Å²) in [6.07, 6.45) is 1.94. The van der Waals surface area contributed by atoms with Gasteiger partial charge in [0.05, 0.1) is 12.3 Å². The van der Waals surface area contributed by atoms with Gasteiger partial charge in [0.2, 0.25) is 0 Å². The van der Waals surface area contributed by atoms with Crippen LogP contribution in [0.1, 0.15) is 22.3 Å². The predicted molar refractivity (Wildman–Crippen MR) is 214 cm³/mol. The highest BCUT2D eigenvalue weighted by molar-refractivity contribution is 7.95. The van der Waals surface area contributed by atoms with E-state index >= 15 is 0 Å². The number of hydrogen-bond donors (Lipinski definition) is 0. The molecule has 0 unspecified atom stereocenters. The second-order valence-electron chi connectivity index (χ2n) is 12.7. The highest BCUT2D eigenvalue weighted by Crippen LogP contribution is 2.60. The second kappa shape index (κ2) is 14.3. The Morgan fingerprint density at radius 1 is 0.292 bits per heavy atom. The van der Waals surface area contributed by atoms with E-state index in [0.29, 0.717) is 0 Å². The van der Waals surface area contributed by atoms with Crippen LogP contribution in [-0.4, -0.2) is 0 Å². The van der Waals surface area contributed by atoms with Gasteiger partial charge in [-0.15, -0.1) is 0 Å². The van der Waals surface area contributed by atoms with Crippen molar-refractivity contribution >= 4 is 46.4 Å². The Morgan fingerprint density at radius 2 is 0.500 bits per heavy atom. The molecule has 2 heteroatoms. The summed E-state index contributed by atoms with van der Waals surface area (Å²) in [6, 6.07) is 72.7. The largest absolute Gasteiger partial charge is 0.116 e. The van der Waals surface area contributed by atoms with Crippen LogP contribution in [0.5, 0.6) is 0 Å². The maximum absolute atomic E-state index is 2.58. The summed E-state index contributed by atoms with van der Waals surface area (Å²) in [7, 11) is -4.11. The lowest BCUT2D eigenvalue weighted by molar-refractivity contribution is 1.20. The number of hydrogen-bond acceptors (Lipinski definition) is 0. The van der Waals surface area contributed by atoms with Gasteiger partial charge in [-0.1, -0.05) is 115 Å². The molecule has 0 heterocycles. The third kappa shape index (κ3) is 6.08. The molecule has 7 rings (SSSR count). The molecule has 0 radical (unpaired) electrons. The van der Waals surface area contributed by atoms with E-state index in [0.717, 1.165) is 12.3 Å². The molecule has 0 aromatic heterocycles. The summed E-state index contributed by atoms with van der Waals surface area (Å²) in [5.41, 5.74) is 5.61. The molecule has 0 bridgehead atoms. The van der Waals surface area contributed by atoms with Crippen molar-refractivity contribution in [3.05, 3.63) is 216 Å². The molecular formula is C46H42P2+2.